The largest absolute Gasteiger partial charge is 0.417 e. The van der Waals surface area contributed by atoms with Gasteiger partial charge in [-0.05, 0) is 25.1 Å². The molecule has 1 atom stereocenters. The van der Waals surface area contributed by atoms with Crippen LogP contribution in [0.25, 0.3) is 11.4 Å². The molecule has 1 fully saturated rings. The van der Waals surface area contributed by atoms with Gasteiger partial charge in [-0.1, -0.05) is 0 Å². The van der Waals surface area contributed by atoms with Gasteiger partial charge in [0, 0.05) is 57.2 Å². The molecule has 0 bridgehead atoms. The summed E-state index contributed by atoms with van der Waals surface area (Å²) >= 11 is 0. The van der Waals surface area contributed by atoms with Crippen LogP contribution in [0.3, 0.4) is 0 Å². The van der Waals surface area contributed by atoms with Gasteiger partial charge in [-0.25, -0.2) is 4.98 Å². The van der Waals surface area contributed by atoms with Crippen LogP contribution in [0.4, 0.5) is 19.0 Å². The number of aromatic nitrogens is 4. The van der Waals surface area contributed by atoms with Gasteiger partial charge in [-0.15, -0.1) is 0 Å². The predicted molar refractivity (Wildman–Crippen MR) is 113 cm³/mol. The third kappa shape index (κ3) is 4.47. The average molecular weight is 447 g/mol. The van der Waals surface area contributed by atoms with Crippen molar-refractivity contribution in [3.8, 4) is 11.4 Å². The quantitative estimate of drug-likeness (QED) is 0.559. The fourth-order valence-electron chi connectivity index (χ4n) is 3.96. The van der Waals surface area contributed by atoms with E-state index in [0.29, 0.717) is 24.5 Å². The number of hydrogen-bond acceptors (Lipinski definition) is 5. The summed E-state index contributed by atoms with van der Waals surface area (Å²) in [6, 6.07) is 4.35. The Morgan fingerprint density at radius 3 is 2.75 bits per heavy atom. The van der Waals surface area contributed by atoms with E-state index in [1.165, 1.54) is 6.07 Å². The zero-order valence-electron chi connectivity index (χ0n) is 17.7. The second kappa shape index (κ2) is 8.65. The Hall–Kier alpha value is -3.34. The highest BCUT2D eigenvalue weighted by Crippen LogP contribution is 2.30. The smallest absolute Gasteiger partial charge is 0.359 e. The molecule has 1 saturated heterocycles. The van der Waals surface area contributed by atoms with Crippen LogP contribution in [0.1, 0.15) is 28.4 Å². The standard InChI is InChI=1S/C21H24F3N7O/c1-13-11-30(5-6-31(13)18-4-3-16(10-27-18)21(22,23)24)12-15-9-28-29-19(15)17-7-14(8-26-17)20(32)25-2/h3-4,7-10,13,26H,5-6,11-12H2,1-2H3,(H,25,32)(H,28,29)/t13-/m1/s1. The van der Waals surface area contributed by atoms with Crippen molar-refractivity contribution in [2.24, 2.45) is 0 Å². The second-order valence-electron chi connectivity index (χ2n) is 7.83. The summed E-state index contributed by atoms with van der Waals surface area (Å²) in [4.78, 5) is 23.2. The van der Waals surface area contributed by atoms with E-state index in [9.17, 15) is 18.0 Å². The van der Waals surface area contributed by atoms with E-state index in [1.54, 1.807) is 25.5 Å². The summed E-state index contributed by atoms with van der Waals surface area (Å²) in [5.41, 5.74) is 2.37. The maximum atomic E-state index is 12.8. The van der Waals surface area contributed by atoms with Crippen LogP contribution in [0, 0.1) is 0 Å². The fourth-order valence-corrected chi connectivity index (χ4v) is 3.96. The Bertz CT molecular complexity index is 1070. The molecule has 0 saturated carbocycles. The van der Waals surface area contributed by atoms with Gasteiger partial charge >= 0.3 is 6.18 Å². The molecule has 0 aliphatic carbocycles. The van der Waals surface area contributed by atoms with Gasteiger partial charge < -0.3 is 15.2 Å². The average Bonchev–Trinajstić information content (AvgIpc) is 3.42. The van der Waals surface area contributed by atoms with Crippen molar-refractivity contribution in [2.45, 2.75) is 25.7 Å². The van der Waals surface area contributed by atoms with E-state index >= 15 is 0 Å². The number of rotatable bonds is 5. The van der Waals surface area contributed by atoms with Crippen molar-refractivity contribution in [1.82, 2.24) is 30.4 Å². The Kier molecular flexibility index (Phi) is 5.92. The van der Waals surface area contributed by atoms with Gasteiger partial charge in [0.05, 0.1) is 28.7 Å². The number of nitrogens with one attached hydrogen (secondary N) is 3. The van der Waals surface area contributed by atoms with Gasteiger partial charge in [-0.3, -0.25) is 14.8 Å². The Morgan fingerprint density at radius 1 is 1.28 bits per heavy atom. The van der Waals surface area contributed by atoms with Crippen molar-refractivity contribution >= 4 is 11.7 Å². The third-order valence-corrected chi connectivity index (χ3v) is 5.63. The molecule has 1 aliphatic rings. The lowest BCUT2D eigenvalue weighted by atomic mass is 10.1. The topological polar surface area (TPSA) is 92.9 Å². The lowest BCUT2D eigenvalue weighted by Gasteiger charge is -2.40. The molecule has 4 rings (SSSR count). The molecule has 0 radical (unpaired) electrons. The minimum atomic E-state index is -4.39. The van der Waals surface area contributed by atoms with Crippen LogP contribution in [-0.4, -0.2) is 63.7 Å². The molecule has 3 N–H and O–H groups in total. The van der Waals surface area contributed by atoms with E-state index < -0.39 is 11.7 Å². The molecule has 0 aromatic carbocycles. The molecule has 8 nitrogen and oxygen atoms in total. The third-order valence-electron chi connectivity index (χ3n) is 5.63. The molecule has 1 aliphatic heterocycles. The highest BCUT2D eigenvalue weighted by atomic mass is 19.4. The molecule has 1 amide bonds. The molecule has 11 heteroatoms. The van der Waals surface area contributed by atoms with Gasteiger partial charge in [0.2, 0.25) is 0 Å². The van der Waals surface area contributed by atoms with Crippen molar-refractivity contribution in [3.63, 3.8) is 0 Å². The van der Waals surface area contributed by atoms with Crippen LogP contribution < -0.4 is 10.2 Å². The minimum absolute atomic E-state index is 0.0775. The van der Waals surface area contributed by atoms with Crippen molar-refractivity contribution in [3.05, 3.63) is 53.5 Å². The summed E-state index contributed by atoms with van der Waals surface area (Å²) in [5.74, 6) is 0.373. The molecule has 0 unspecified atom stereocenters. The summed E-state index contributed by atoms with van der Waals surface area (Å²) in [7, 11) is 1.58. The number of halogens is 3. The molecule has 32 heavy (non-hydrogen) atoms. The fraction of sp³-hybridized carbons (Fsp3) is 0.381. The van der Waals surface area contributed by atoms with Crippen LogP contribution in [0.2, 0.25) is 0 Å². The number of anilines is 1. The lowest BCUT2D eigenvalue weighted by molar-refractivity contribution is -0.137. The van der Waals surface area contributed by atoms with Crippen LogP contribution in [-0.2, 0) is 12.7 Å². The molecule has 0 spiro atoms. The number of H-pyrrole nitrogens is 2. The number of carbonyl (C=O) groups is 1. The first-order valence-electron chi connectivity index (χ1n) is 10.2. The summed E-state index contributed by atoms with van der Waals surface area (Å²) < 4.78 is 38.4. The number of pyridine rings is 1. The Labute approximate surface area is 182 Å². The van der Waals surface area contributed by atoms with Crippen LogP contribution >= 0.6 is 0 Å². The number of nitrogens with zero attached hydrogens (tertiary/aromatic N) is 4. The van der Waals surface area contributed by atoms with Crippen molar-refractivity contribution < 1.29 is 18.0 Å². The Balaban J connectivity index is 1.42. The Morgan fingerprint density at radius 2 is 2.09 bits per heavy atom. The van der Waals surface area contributed by atoms with E-state index in [-0.39, 0.29) is 11.9 Å². The van der Waals surface area contributed by atoms with Gasteiger partial charge in [0.25, 0.3) is 5.91 Å². The zero-order chi connectivity index (χ0) is 22.9. The molecular formula is C21H24F3N7O. The molecule has 170 valence electrons. The first-order chi connectivity index (χ1) is 15.3. The van der Waals surface area contributed by atoms with E-state index in [1.807, 2.05) is 11.8 Å². The van der Waals surface area contributed by atoms with E-state index in [4.69, 9.17) is 0 Å². The number of hydrogen-bond donors (Lipinski definition) is 3. The molecule has 4 heterocycles. The number of alkyl halides is 3. The predicted octanol–water partition coefficient (Wildman–Crippen LogP) is 2.89. The number of piperazine rings is 1. The van der Waals surface area contributed by atoms with E-state index in [0.717, 1.165) is 42.3 Å². The molecular weight excluding hydrogens is 423 g/mol. The number of carbonyl (C=O) groups excluding carboxylic acids is 1. The lowest BCUT2D eigenvalue weighted by Crippen LogP contribution is -2.51. The van der Waals surface area contributed by atoms with Gasteiger partial charge in [-0.2, -0.15) is 18.3 Å². The van der Waals surface area contributed by atoms with Crippen LogP contribution in [0.15, 0.2) is 36.8 Å². The zero-order valence-corrected chi connectivity index (χ0v) is 17.7. The first kappa shape index (κ1) is 21.9. The summed E-state index contributed by atoms with van der Waals surface area (Å²) in [5, 5.41) is 9.75. The van der Waals surface area contributed by atoms with Crippen LogP contribution in [0.5, 0.6) is 0 Å². The van der Waals surface area contributed by atoms with Crippen molar-refractivity contribution in [2.75, 3.05) is 31.6 Å². The monoisotopic (exact) mass is 447 g/mol. The maximum absolute atomic E-state index is 12.8. The normalized spacial score (nSPS) is 17.5. The summed E-state index contributed by atoms with van der Waals surface area (Å²) in [6.45, 7) is 4.78. The number of amides is 1. The van der Waals surface area contributed by atoms with Gasteiger partial charge in [0.1, 0.15) is 5.82 Å². The highest BCUT2D eigenvalue weighted by molar-refractivity contribution is 5.95. The second-order valence-corrected chi connectivity index (χ2v) is 7.83. The molecule has 3 aromatic heterocycles. The minimum Gasteiger partial charge on any atom is -0.359 e. The summed E-state index contributed by atoms with van der Waals surface area (Å²) in [6.07, 6.45) is -0.0884. The highest BCUT2D eigenvalue weighted by Gasteiger charge is 2.32. The van der Waals surface area contributed by atoms with E-state index in [2.05, 4.69) is 30.4 Å². The SMILES string of the molecule is CNC(=O)c1c[nH]c(-c2[nH]ncc2CN2CCN(c3ccc(C(F)(F)F)cn3)[C@H](C)C2)c1. The maximum Gasteiger partial charge on any atom is 0.417 e. The first-order valence-corrected chi connectivity index (χ1v) is 10.2. The number of aromatic amines is 2. The van der Waals surface area contributed by atoms with Gasteiger partial charge in [0.15, 0.2) is 0 Å². The molecule has 3 aromatic rings. The van der Waals surface area contributed by atoms with Crippen molar-refractivity contribution in [1.29, 1.82) is 0 Å².